The molecule has 1 aromatic heterocycles. The second-order valence-corrected chi connectivity index (χ2v) is 6.37. The molecule has 0 atom stereocenters. The van der Waals surface area contributed by atoms with Crippen molar-refractivity contribution in [2.24, 2.45) is 0 Å². The molecule has 0 spiro atoms. The first-order chi connectivity index (χ1) is 10.5. The number of thiazole rings is 1. The number of amides is 2. The number of carbonyl (C=O) groups is 1. The van der Waals surface area contributed by atoms with Gasteiger partial charge in [-0.3, -0.25) is 5.32 Å². The van der Waals surface area contributed by atoms with E-state index < -0.39 is 0 Å². The van der Waals surface area contributed by atoms with Crippen LogP contribution in [0.2, 0.25) is 5.02 Å². The van der Waals surface area contributed by atoms with Gasteiger partial charge in [-0.15, -0.1) is 0 Å². The third-order valence-corrected chi connectivity index (χ3v) is 4.69. The fraction of sp³-hybridized carbons (Fsp3) is 0.125. The van der Waals surface area contributed by atoms with Gasteiger partial charge in [0.1, 0.15) is 0 Å². The molecule has 4 nitrogen and oxygen atoms in total. The van der Waals surface area contributed by atoms with Crippen molar-refractivity contribution < 1.29 is 4.79 Å². The van der Waals surface area contributed by atoms with E-state index >= 15 is 0 Å². The Morgan fingerprint density at radius 3 is 2.68 bits per heavy atom. The van der Waals surface area contributed by atoms with Gasteiger partial charge in [-0.2, -0.15) is 0 Å². The number of hydrogen-bond acceptors (Lipinski definition) is 3. The predicted octanol–water partition coefficient (Wildman–Crippen LogP) is 5.21. The van der Waals surface area contributed by atoms with Crippen LogP contribution in [0.1, 0.15) is 11.1 Å². The molecular weight excluding hydrogens is 318 g/mol. The maximum atomic E-state index is 12.0. The van der Waals surface area contributed by atoms with Gasteiger partial charge in [0.15, 0.2) is 5.13 Å². The van der Waals surface area contributed by atoms with E-state index in [0.29, 0.717) is 15.8 Å². The van der Waals surface area contributed by atoms with Crippen molar-refractivity contribution in [1.29, 1.82) is 0 Å². The Hall–Kier alpha value is -2.11. The number of halogens is 1. The molecule has 0 radical (unpaired) electrons. The Balaban J connectivity index is 1.80. The third-order valence-electron chi connectivity index (χ3n) is 3.43. The summed E-state index contributed by atoms with van der Waals surface area (Å²) in [5, 5.41) is 6.52. The van der Waals surface area contributed by atoms with E-state index in [0.717, 1.165) is 15.8 Å². The van der Waals surface area contributed by atoms with Crippen LogP contribution in [0.4, 0.5) is 15.6 Å². The Bertz CT molecular complexity index is 860. The second-order valence-electron chi connectivity index (χ2n) is 4.93. The van der Waals surface area contributed by atoms with Crippen molar-refractivity contribution in [3.8, 4) is 0 Å². The average Bonchev–Trinajstić information content (AvgIpc) is 2.89. The molecule has 0 fully saturated rings. The van der Waals surface area contributed by atoms with Crippen molar-refractivity contribution >= 4 is 50.0 Å². The van der Waals surface area contributed by atoms with Crippen LogP contribution in [0.3, 0.4) is 0 Å². The normalized spacial score (nSPS) is 10.7. The van der Waals surface area contributed by atoms with Crippen molar-refractivity contribution in [1.82, 2.24) is 4.98 Å². The lowest BCUT2D eigenvalue weighted by molar-refractivity contribution is 0.262. The van der Waals surface area contributed by atoms with E-state index in [1.807, 2.05) is 32.0 Å². The Kier molecular flexibility index (Phi) is 4.00. The predicted molar refractivity (Wildman–Crippen MR) is 93.2 cm³/mol. The van der Waals surface area contributed by atoms with E-state index in [-0.39, 0.29) is 6.03 Å². The zero-order chi connectivity index (χ0) is 15.7. The SMILES string of the molecule is Cc1ccc2sc(NC(=O)Nc3ccccc3Cl)nc2c1C. The number of hydrogen-bond donors (Lipinski definition) is 2. The Labute approximate surface area is 137 Å². The molecule has 2 aromatic carbocycles. The Morgan fingerprint density at radius 2 is 1.91 bits per heavy atom. The first-order valence-corrected chi connectivity index (χ1v) is 7.93. The van der Waals surface area contributed by atoms with Crippen LogP contribution in [0.25, 0.3) is 10.2 Å². The number of nitrogens with zero attached hydrogens (tertiary/aromatic N) is 1. The van der Waals surface area contributed by atoms with Gasteiger partial charge in [-0.25, -0.2) is 9.78 Å². The highest BCUT2D eigenvalue weighted by molar-refractivity contribution is 7.22. The highest BCUT2D eigenvalue weighted by Crippen LogP contribution is 2.29. The Morgan fingerprint density at radius 1 is 1.14 bits per heavy atom. The summed E-state index contributed by atoms with van der Waals surface area (Å²) >= 11 is 7.47. The summed E-state index contributed by atoms with van der Waals surface area (Å²) in [6, 6.07) is 10.8. The fourth-order valence-electron chi connectivity index (χ4n) is 2.09. The van der Waals surface area contributed by atoms with Crippen LogP contribution in [0.15, 0.2) is 36.4 Å². The molecule has 0 unspecified atom stereocenters. The first-order valence-electron chi connectivity index (χ1n) is 6.74. The number of carbonyl (C=O) groups excluding carboxylic acids is 1. The average molecular weight is 332 g/mol. The summed E-state index contributed by atoms with van der Waals surface area (Å²) in [4.78, 5) is 16.5. The third kappa shape index (κ3) is 2.91. The van der Waals surface area contributed by atoms with Crippen LogP contribution in [0.5, 0.6) is 0 Å². The summed E-state index contributed by atoms with van der Waals surface area (Å²) < 4.78 is 1.05. The molecule has 2 N–H and O–H groups in total. The van der Waals surface area contributed by atoms with Crippen molar-refractivity contribution in [3.05, 3.63) is 52.5 Å². The van der Waals surface area contributed by atoms with Gasteiger partial charge in [-0.1, -0.05) is 41.1 Å². The number of fused-ring (bicyclic) bond motifs is 1. The zero-order valence-corrected chi connectivity index (χ0v) is 13.7. The molecule has 0 bridgehead atoms. The second kappa shape index (κ2) is 5.94. The first kappa shape index (κ1) is 14.8. The summed E-state index contributed by atoms with van der Waals surface area (Å²) in [6.07, 6.45) is 0. The molecule has 0 saturated heterocycles. The molecule has 0 saturated carbocycles. The molecule has 6 heteroatoms. The number of benzene rings is 2. The number of rotatable bonds is 2. The molecule has 112 valence electrons. The van der Waals surface area contributed by atoms with Crippen molar-refractivity contribution in [2.75, 3.05) is 10.6 Å². The minimum atomic E-state index is -0.360. The molecule has 0 aliphatic heterocycles. The summed E-state index contributed by atoms with van der Waals surface area (Å²) in [5.74, 6) is 0. The number of aryl methyl sites for hydroxylation is 2. The maximum Gasteiger partial charge on any atom is 0.325 e. The van der Waals surface area contributed by atoms with Gasteiger partial charge in [0.25, 0.3) is 0 Å². The van der Waals surface area contributed by atoms with Gasteiger partial charge >= 0.3 is 6.03 Å². The summed E-state index contributed by atoms with van der Waals surface area (Å²) in [6.45, 7) is 4.08. The topological polar surface area (TPSA) is 54.0 Å². The molecule has 0 aliphatic rings. The molecule has 3 rings (SSSR count). The van der Waals surface area contributed by atoms with Crippen LogP contribution >= 0.6 is 22.9 Å². The maximum absolute atomic E-state index is 12.0. The standard InChI is InChI=1S/C16H14ClN3OS/c1-9-7-8-13-14(10(9)2)19-16(22-13)20-15(21)18-12-6-4-3-5-11(12)17/h3-8H,1-2H3,(H2,18,19,20,21). The van der Waals surface area contributed by atoms with Gasteiger partial charge in [-0.05, 0) is 43.2 Å². The van der Waals surface area contributed by atoms with Crippen LogP contribution < -0.4 is 10.6 Å². The molecule has 1 heterocycles. The monoisotopic (exact) mass is 331 g/mol. The zero-order valence-electron chi connectivity index (χ0n) is 12.1. The minimum Gasteiger partial charge on any atom is -0.306 e. The lowest BCUT2D eigenvalue weighted by Gasteiger charge is -2.06. The van der Waals surface area contributed by atoms with Crippen LogP contribution in [-0.2, 0) is 0 Å². The molecular formula is C16H14ClN3OS. The van der Waals surface area contributed by atoms with E-state index in [4.69, 9.17) is 11.6 Å². The van der Waals surface area contributed by atoms with Gasteiger partial charge in [0, 0.05) is 0 Å². The summed E-state index contributed by atoms with van der Waals surface area (Å²) in [5.41, 5.74) is 3.81. The van der Waals surface area contributed by atoms with Crippen molar-refractivity contribution in [2.45, 2.75) is 13.8 Å². The van der Waals surface area contributed by atoms with Crippen LogP contribution in [0, 0.1) is 13.8 Å². The molecule has 2 amide bonds. The molecule has 0 aliphatic carbocycles. The lowest BCUT2D eigenvalue weighted by Crippen LogP contribution is -2.19. The van der Waals surface area contributed by atoms with Gasteiger partial charge in [0.05, 0.1) is 20.9 Å². The number of para-hydroxylation sites is 1. The van der Waals surface area contributed by atoms with E-state index in [1.54, 1.807) is 12.1 Å². The lowest BCUT2D eigenvalue weighted by atomic mass is 10.1. The van der Waals surface area contributed by atoms with Gasteiger partial charge in [0.2, 0.25) is 0 Å². The van der Waals surface area contributed by atoms with Gasteiger partial charge < -0.3 is 5.32 Å². The molecule has 22 heavy (non-hydrogen) atoms. The fourth-order valence-corrected chi connectivity index (χ4v) is 3.20. The van der Waals surface area contributed by atoms with E-state index in [9.17, 15) is 4.79 Å². The number of urea groups is 1. The van der Waals surface area contributed by atoms with E-state index in [1.165, 1.54) is 16.9 Å². The number of anilines is 2. The smallest absolute Gasteiger partial charge is 0.306 e. The summed E-state index contributed by atoms with van der Waals surface area (Å²) in [7, 11) is 0. The minimum absolute atomic E-state index is 0.360. The number of nitrogens with one attached hydrogen (secondary N) is 2. The quantitative estimate of drug-likeness (QED) is 0.677. The van der Waals surface area contributed by atoms with Crippen LogP contribution in [-0.4, -0.2) is 11.0 Å². The number of aromatic nitrogens is 1. The largest absolute Gasteiger partial charge is 0.325 e. The highest BCUT2D eigenvalue weighted by Gasteiger charge is 2.11. The molecule has 3 aromatic rings. The van der Waals surface area contributed by atoms with Crippen molar-refractivity contribution in [3.63, 3.8) is 0 Å². The van der Waals surface area contributed by atoms with E-state index in [2.05, 4.69) is 21.7 Å². The highest BCUT2D eigenvalue weighted by atomic mass is 35.5.